The summed E-state index contributed by atoms with van der Waals surface area (Å²) in [6.07, 6.45) is 0.847. The normalized spacial score (nSPS) is 10.4. The van der Waals surface area contributed by atoms with Gasteiger partial charge in [-0.1, -0.05) is 19.1 Å². The molecule has 1 heterocycles. The van der Waals surface area contributed by atoms with Gasteiger partial charge in [0.15, 0.2) is 0 Å². The van der Waals surface area contributed by atoms with Crippen molar-refractivity contribution in [1.29, 1.82) is 0 Å². The first-order chi connectivity index (χ1) is 12.0. The Kier molecular flexibility index (Phi) is 6.44. The minimum absolute atomic E-state index is 0.00370. The van der Waals surface area contributed by atoms with E-state index in [1.807, 2.05) is 25.1 Å². The van der Waals surface area contributed by atoms with Crippen molar-refractivity contribution in [2.24, 2.45) is 0 Å². The molecular weight excluding hydrogens is 324 g/mol. The molecule has 1 aromatic heterocycles. The zero-order valence-electron chi connectivity index (χ0n) is 14.6. The second kappa shape index (κ2) is 8.76. The third-order valence-electron chi connectivity index (χ3n) is 3.44. The number of hydrogen-bond acceptors (Lipinski definition) is 6. The number of methoxy groups -OCH3 is 1. The Morgan fingerprint density at radius 2 is 2.16 bits per heavy atom. The molecule has 0 spiro atoms. The number of carbonyl (C=O) groups excluding carboxylic acids is 2. The van der Waals surface area contributed by atoms with Crippen molar-refractivity contribution in [2.75, 3.05) is 27.2 Å². The SMILES string of the molecule is CCCNC(=O)CN(C)C(=O)Cn1nnc(-c2cccc(OC)c2)n1. The van der Waals surface area contributed by atoms with Gasteiger partial charge in [-0.2, -0.15) is 4.80 Å². The molecule has 0 bridgehead atoms. The summed E-state index contributed by atoms with van der Waals surface area (Å²) in [5, 5.41) is 14.8. The van der Waals surface area contributed by atoms with E-state index in [1.165, 1.54) is 9.70 Å². The van der Waals surface area contributed by atoms with E-state index in [9.17, 15) is 9.59 Å². The number of hydrogen-bond donors (Lipinski definition) is 1. The van der Waals surface area contributed by atoms with Gasteiger partial charge in [-0.05, 0) is 23.8 Å². The van der Waals surface area contributed by atoms with Crippen LogP contribution >= 0.6 is 0 Å². The molecule has 1 aromatic carbocycles. The van der Waals surface area contributed by atoms with Gasteiger partial charge in [-0.15, -0.1) is 10.2 Å². The second-order valence-corrected chi connectivity index (χ2v) is 5.48. The Hall–Kier alpha value is -2.97. The van der Waals surface area contributed by atoms with Crippen molar-refractivity contribution in [2.45, 2.75) is 19.9 Å². The summed E-state index contributed by atoms with van der Waals surface area (Å²) in [6, 6.07) is 7.25. The van der Waals surface area contributed by atoms with Gasteiger partial charge in [0.25, 0.3) is 0 Å². The maximum Gasteiger partial charge on any atom is 0.246 e. The number of benzene rings is 1. The van der Waals surface area contributed by atoms with E-state index in [1.54, 1.807) is 20.2 Å². The van der Waals surface area contributed by atoms with Gasteiger partial charge in [-0.25, -0.2) is 0 Å². The molecule has 0 saturated carbocycles. The summed E-state index contributed by atoms with van der Waals surface area (Å²) >= 11 is 0. The first kappa shape index (κ1) is 18.4. The quantitative estimate of drug-likeness (QED) is 0.739. The molecule has 0 aliphatic carbocycles. The Labute approximate surface area is 146 Å². The molecular formula is C16H22N6O3. The van der Waals surface area contributed by atoms with Gasteiger partial charge >= 0.3 is 0 Å². The van der Waals surface area contributed by atoms with Crippen molar-refractivity contribution in [3.8, 4) is 17.1 Å². The Morgan fingerprint density at radius 3 is 2.88 bits per heavy atom. The maximum absolute atomic E-state index is 12.2. The van der Waals surface area contributed by atoms with Crippen LogP contribution in [0.4, 0.5) is 0 Å². The summed E-state index contributed by atoms with van der Waals surface area (Å²) in [5.41, 5.74) is 0.741. The van der Waals surface area contributed by atoms with E-state index >= 15 is 0 Å². The van der Waals surface area contributed by atoms with E-state index in [-0.39, 0.29) is 24.9 Å². The van der Waals surface area contributed by atoms with Gasteiger partial charge in [0, 0.05) is 19.2 Å². The number of amides is 2. The number of tetrazole rings is 1. The number of nitrogens with zero attached hydrogens (tertiary/aromatic N) is 5. The highest BCUT2D eigenvalue weighted by Gasteiger charge is 2.15. The van der Waals surface area contributed by atoms with E-state index < -0.39 is 0 Å². The van der Waals surface area contributed by atoms with Crippen LogP contribution in [0.5, 0.6) is 5.75 Å². The largest absolute Gasteiger partial charge is 0.497 e. The van der Waals surface area contributed by atoms with Crippen molar-refractivity contribution < 1.29 is 14.3 Å². The molecule has 9 nitrogen and oxygen atoms in total. The molecule has 2 rings (SSSR count). The molecule has 1 N–H and O–H groups in total. The number of likely N-dealkylation sites (N-methyl/N-ethyl adjacent to an activating group) is 1. The van der Waals surface area contributed by atoms with Crippen LogP contribution in [0.2, 0.25) is 0 Å². The molecule has 0 radical (unpaired) electrons. The predicted octanol–water partition coefficient (Wildman–Crippen LogP) is 0.333. The number of carbonyl (C=O) groups is 2. The van der Waals surface area contributed by atoms with E-state index in [2.05, 4.69) is 20.7 Å². The summed E-state index contributed by atoms with van der Waals surface area (Å²) in [6.45, 7) is 2.46. The highest BCUT2D eigenvalue weighted by molar-refractivity contribution is 5.84. The minimum atomic E-state index is -0.277. The van der Waals surface area contributed by atoms with Crippen molar-refractivity contribution in [3.63, 3.8) is 0 Å². The summed E-state index contributed by atoms with van der Waals surface area (Å²) < 4.78 is 5.16. The summed E-state index contributed by atoms with van der Waals surface area (Å²) in [5.74, 6) is 0.611. The lowest BCUT2D eigenvalue weighted by atomic mass is 10.2. The lowest BCUT2D eigenvalue weighted by Crippen LogP contribution is -2.40. The molecule has 134 valence electrons. The van der Waals surface area contributed by atoms with E-state index in [4.69, 9.17) is 4.74 Å². The molecule has 2 amide bonds. The Bertz CT molecular complexity index is 730. The van der Waals surface area contributed by atoms with Crippen LogP contribution in [0.1, 0.15) is 13.3 Å². The van der Waals surface area contributed by atoms with Gasteiger partial charge in [0.05, 0.1) is 13.7 Å². The van der Waals surface area contributed by atoms with Crippen molar-refractivity contribution >= 4 is 11.8 Å². The van der Waals surface area contributed by atoms with Crippen molar-refractivity contribution in [3.05, 3.63) is 24.3 Å². The third kappa shape index (κ3) is 5.27. The fourth-order valence-corrected chi connectivity index (χ4v) is 2.05. The van der Waals surface area contributed by atoms with Crippen LogP contribution in [-0.4, -0.2) is 64.2 Å². The number of ether oxygens (including phenoxy) is 1. The van der Waals surface area contributed by atoms with E-state index in [0.717, 1.165) is 12.0 Å². The average molecular weight is 346 g/mol. The average Bonchev–Trinajstić information content (AvgIpc) is 3.08. The lowest BCUT2D eigenvalue weighted by Gasteiger charge is -2.16. The number of nitrogens with one attached hydrogen (secondary N) is 1. The highest BCUT2D eigenvalue weighted by atomic mass is 16.5. The van der Waals surface area contributed by atoms with Crippen molar-refractivity contribution in [1.82, 2.24) is 30.4 Å². The zero-order valence-corrected chi connectivity index (χ0v) is 14.6. The minimum Gasteiger partial charge on any atom is -0.497 e. The number of rotatable bonds is 8. The molecule has 9 heteroatoms. The smallest absolute Gasteiger partial charge is 0.246 e. The third-order valence-corrected chi connectivity index (χ3v) is 3.44. The van der Waals surface area contributed by atoms with Gasteiger partial charge in [0.1, 0.15) is 12.3 Å². The second-order valence-electron chi connectivity index (χ2n) is 5.48. The van der Waals surface area contributed by atoms with Gasteiger partial charge in [-0.3, -0.25) is 9.59 Å². The monoisotopic (exact) mass is 346 g/mol. The topological polar surface area (TPSA) is 102 Å². The first-order valence-electron chi connectivity index (χ1n) is 7.96. The number of aromatic nitrogens is 4. The fraction of sp³-hybridized carbons (Fsp3) is 0.438. The van der Waals surface area contributed by atoms with Gasteiger partial charge in [0.2, 0.25) is 17.6 Å². The van der Waals surface area contributed by atoms with Crippen LogP contribution in [-0.2, 0) is 16.1 Å². The van der Waals surface area contributed by atoms with Crippen LogP contribution in [0.25, 0.3) is 11.4 Å². The van der Waals surface area contributed by atoms with E-state index in [0.29, 0.717) is 18.1 Å². The van der Waals surface area contributed by atoms with Crippen LogP contribution < -0.4 is 10.1 Å². The zero-order chi connectivity index (χ0) is 18.2. The molecule has 2 aromatic rings. The fourth-order valence-electron chi connectivity index (χ4n) is 2.05. The molecule has 0 aliphatic rings. The molecule has 0 saturated heterocycles. The predicted molar refractivity (Wildman–Crippen MR) is 90.7 cm³/mol. The molecule has 25 heavy (non-hydrogen) atoms. The summed E-state index contributed by atoms with van der Waals surface area (Å²) in [7, 11) is 3.14. The Morgan fingerprint density at radius 1 is 1.36 bits per heavy atom. The Balaban J connectivity index is 1.95. The van der Waals surface area contributed by atoms with Crippen LogP contribution in [0, 0.1) is 0 Å². The first-order valence-corrected chi connectivity index (χ1v) is 7.96. The van der Waals surface area contributed by atoms with Crippen LogP contribution in [0.15, 0.2) is 24.3 Å². The maximum atomic E-state index is 12.2. The molecule has 0 atom stereocenters. The lowest BCUT2D eigenvalue weighted by molar-refractivity contribution is -0.135. The molecule has 0 unspecified atom stereocenters. The molecule has 0 fully saturated rings. The highest BCUT2D eigenvalue weighted by Crippen LogP contribution is 2.19. The summed E-state index contributed by atoms with van der Waals surface area (Å²) in [4.78, 5) is 26.4. The molecule has 0 aliphatic heterocycles. The standard InChI is InChI=1S/C16H22N6O3/c1-4-8-17-14(23)10-21(2)15(24)11-22-19-16(18-20-22)12-6-5-7-13(9-12)25-3/h5-7,9H,4,8,10-11H2,1-3H3,(H,17,23). The van der Waals surface area contributed by atoms with Gasteiger partial charge < -0.3 is 15.0 Å². The van der Waals surface area contributed by atoms with Crippen LogP contribution in [0.3, 0.4) is 0 Å².